The minimum Gasteiger partial charge on any atom is -0.268 e. The number of carbonyl (C=O) groups is 1. The molecule has 5 aromatic carbocycles. The van der Waals surface area contributed by atoms with Crippen molar-refractivity contribution in [3.63, 3.8) is 0 Å². The van der Waals surface area contributed by atoms with Gasteiger partial charge in [0.1, 0.15) is 11.5 Å². The molecule has 0 aliphatic carbocycles. The Kier molecular flexibility index (Phi) is 7.25. The number of anilines is 2. The van der Waals surface area contributed by atoms with Crippen molar-refractivity contribution in [2.45, 2.75) is 11.8 Å². The number of aromatic nitrogens is 2. The minimum atomic E-state index is -4.18. The largest absolute Gasteiger partial charge is 0.269 e. The van der Waals surface area contributed by atoms with E-state index in [1.54, 1.807) is 72.8 Å². The fourth-order valence-corrected chi connectivity index (χ4v) is 6.29. The summed E-state index contributed by atoms with van der Waals surface area (Å²) in [6, 6.07) is 43.1. The Hall–Kier alpha value is -5.27. The first-order valence-corrected chi connectivity index (χ1v) is 14.9. The van der Waals surface area contributed by atoms with Gasteiger partial charge >= 0.3 is 0 Å². The molecule has 0 fully saturated rings. The van der Waals surface area contributed by atoms with E-state index < -0.39 is 10.0 Å². The van der Waals surface area contributed by atoms with Gasteiger partial charge in [0.2, 0.25) is 0 Å². The van der Waals surface area contributed by atoms with Crippen LogP contribution in [0.2, 0.25) is 0 Å². The van der Waals surface area contributed by atoms with Gasteiger partial charge in [-0.1, -0.05) is 115 Å². The van der Waals surface area contributed by atoms with Gasteiger partial charge < -0.3 is 0 Å². The van der Waals surface area contributed by atoms with Gasteiger partial charge in [-0.05, 0) is 43.3 Å². The fraction of sp³-hybridized carbons (Fsp3) is 0.0286. The van der Waals surface area contributed by atoms with E-state index in [2.05, 4.69) is 0 Å². The van der Waals surface area contributed by atoms with Crippen LogP contribution in [0.1, 0.15) is 15.9 Å². The number of sulfonamides is 1. The lowest BCUT2D eigenvalue weighted by molar-refractivity contribution is 0.0963. The molecule has 0 atom stereocenters. The van der Waals surface area contributed by atoms with Crippen LogP contribution in [0.15, 0.2) is 150 Å². The third-order valence-electron chi connectivity index (χ3n) is 6.90. The van der Waals surface area contributed by atoms with Gasteiger partial charge in [0.15, 0.2) is 5.82 Å². The van der Waals surface area contributed by atoms with Gasteiger partial charge in [-0.3, -0.25) is 9.36 Å². The molecule has 6 nitrogen and oxygen atoms in total. The summed E-state index contributed by atoms with van der Waals surface area (Å²) in [7, 11) is -4.18. The molecular formula is C35H27N3O3S. The number of carbonyl (C=O) groups excluding carboxylic acids is 1. The van der Waals surface area contributed by atoms with E-state index in [9.17, 15) is 13.2 Å². The second kappa shape index (κ2) is 11.3. The van der Waals surface area contributed by atoms with Crippen LogP contribution < -0.4 is 4.31 Å². The van der Waals surface area contributed by atoms with Crippen LogP contribution in [0.3, 0.4) is 0 Å². The molecule has 0 unspecified atom stereocenters. The van der Waals surface area contributed by atoms with Crippen molar-refractivity contribution in [2.75, 3.05) is 4.31 Å². The first-order chi connectivity index (χ1) is 20.4. The summed E-state index contributed by atoms with van der Waals surface area (Å²) in [6.45, 7) is 1.90. The molecule has 206 valence electrons. The topological polar surface area (TPSA) is 72.3 Å². The van der Waals surface area contributed by atoms with Gasteiger partial charge in [-0.25, -0.2) is 17.7 Å². The summed E-state index contributed by atoms with van der Waals surface area (Å²) >= 11 is 0. The Balaban J connectivity index is 1.72. The predicted octanol–water partition coefficient (Wildman–Crippen LogP) is 7.74. The first-order valence-electron chi connectivity index (χ1n) is 13.5. The van der Waals surface area contributed by atoms with E-state index >= 15 is 0 Å². The second-order valence-electron chi connectivity index (χ2n) is 9.76. The molecular weight excluding hydrogens is 542 g/mol. The van der Waals surface area contributed by atoms with Crippen LogP contribution >= 0.6 is 0 Å². The third kappa shape index (κ3) is 5.02. The number of hydrogen-bond donors (Lipinski definition) is 0. The average molecular weight is 570 g/mol. The van der Waals surface area contributed by atoms with Gasteiger partial charge in [0, 0.05) is 16.7 Å². The Morgan fingerprint density at radius 1 is 0.643 bits per heavy atom. The van der Waals surface area contributed by atoms with Crippen molar-refractivity contribution in [1.29, 1.82) is 0 Å². The Morgan fingerprint density at radius 2 is 1.14 bits per heavy atom. The normalized spacial score (nSPS) is 11.3. The zero-order valence-electron chi connectivity index (χ0n) is 22.8. The quantitative estimate of drug-likeness (QED) is 0.197. The summed E-state index contributed by atoms with van der Waals surface area (Å²) in [6.07, 6.45) is 0. The number of aryl methyl sites for hydroxylation is 1. The van der Waals surface area contributed by atoms with E-state index in [0.717, 1.165) is 5.56 Å². The fourth-order valence-electron chi connectivity index (χ4n) is 4.85. The maximum absolute atomic E-state index is 14.5. The summed E-state index contributed by atoms with van der Waals surface area (Å²) in [5.74, 6) is 0.127. The number of rotatable bonds is 7. The number of nitrogens with zero attached hydrogens (tertiary/aromatic N) is 3. The lowest BCUT2D eigenvalue weighted by Crippen LogP contribution is -2.27. The number of benzene rings is 5. The van der Waals surface area contributed by atoms with E-state index in [4.69, 9.17) is 4.98 Å². The van der Waals surface area contributed by atoms with E-state index in [0.29, 0.717) is 33.9 Å². The van der Waals surface area contributed by atoms with Crippen LogP contribution in [0.25, 0.3) is 22.6 Å². The lowest BCUT2D eigenvalue weighted by Gasteiger charge is -2.24. The lowest BCUT2D eigenvalue weighted by atomic mass is 10.1. The minimum absolute atomic E-state index is 0.112. The predicted molar refractivity (Wildman–Crippen MR) is 166 cm³/mol. The zero-order valence-corrected chi connectivity index (χ0v) is 23.6. The van der Waals surface area contributed by atoms with Crippen molar-refractivity contribution in [3.8, 4) is 22.6 Å². The molecule has 1 heterocycles. The van der Waals surface area contributed by atoms with Gasteiger partial charge in [-0.15, -0.1) is 0 Å². The number of hydrogen-bond acceptors (Lipinski definition) is 4. The highest BCUT2D eigenvalue weighted by Gasteiger charge is 2.35. The van der Waals surface area contributed by atoms with Crippen LogP contribution in [0.5, 0.6) is 0 Å². The molecule has 7 heteroatoms. The van der Waals surface area contributed by atoms with Gasteiger partial charge in [-0.2, -0.15) is 0 Å². The molecule has 0 spiro atoms. The molecule has 0 N–H and O–H groups in total. The number of para-hydroxylation sites is 1. The summed E-state index contributed by atoms with van der Waals surface area (Å²) in [5.41, 5.74) is 3.46. The van der Waals surface area contributed by atoms with E-state index in [1.807, 2.05) is 79.7 Å². The van der Waals surface area contributed by atoms with Crippen LogP contribution in [0.4, 0.5) is 11.5 Å². The smallest absolute Gasteiger partial charge is 0.268 e. The van der Waals surface area contributed by atoms with Crippen molar-refractivity contribution in [2.24, 2.45) is 0 Å². The average Bonchev–Trinajstić information content (AvgIpc) is 3.42. The second-order valence-corrected chi connectivity index (χ2v) is 11.6. The third-order valence-corrected chi connectivity index (χ3v) is 8.64. The van der Waals surface area contributed by atoms with Crippen LogP contribution in [-0.2, 0) is 10.0 Å². The molecule has 0 saturated carbocycles. The molecule has 0 amide bonds. The summed E-state index contributed by atoms with van der Waals surface area (Å²) in [5, 5.41) is 0. The highest BCUT2D eigenvalue weighted by Crippen LogP contribution is 2.42. The molecule has 0 bridgehead atoms. The van der Waals surface area contributed by atoms with Crippen molar-refractivity contribution in [1.82, 2.24) is 9.55 Å². The Morgan fingerprint density at radius 3 is 1.71 bits per heavy atom. The van der Waals surface area contributed by atoms with E-state index in [-0.39, 0.29) is 16.6 Å². The molecule has 1 aromatic heterocycles. The van der Waals surface area contributed by atoms with Crippen LogP contribution in [0, 0.1) is 6.92 Å². The monoisotopic (exact) mass is 569 g/mol. The molecule has 6 rings (SSSR count). The van der Waals surface area contributed by atoms with E-state index in [1.165, 1.54) is 8.87 Å². The van der Waals surface area contributed by atoms with Gasteiger partial charge in [0.05, 0.1) is 10.6 Å². The molecule has 42 heavy (non-hydrogen) atoms. The molecule has 6 aromatic rings. The van der Waals surface area contributed by atoms with Crippen molar-refractivity contribution < 1.29 is 13.2 Å². The molecule has 0 aliphatic rings. The maximum atomic E-state index is 14.5. The van der Waals surface area contributed by atoms with Crippen molar-refractivity contribution in [3.05, 3.63) is 157 Å². The standard InChI is InChI=1S/C35H27N3O3S/c1-26-22-24-31(25-23-26)42(40,41)38(30-20-12-5-13-21-30)34-32(27-14-6-2-7-15-27)37(35(39)29-18-10-4-11-19-29)33(36-34)28-16-8-3-9-17-28/h2-25H,1H3. The van der Waals surface area contributed by atoms with Gasteiger partial charge in [0.25, 0.3) is 15.9 Å². The Labute approximate surface area is 245 Å². The zero-order chi connectivity index (χ0) is 29.1. The first kappa shape index (κ1) is 26.9. The summed E-state index contributed by atoms with van der Waals surface area (Å²) < 4.78 is 31.8. The summed E-state index contributed by atoms with van der Waals surface area (Å²) in [4.78, 5) is 19.4. The molecule has 0 saturated heterocycles. The van der Waals surface area contributed by atoms with Crippen LogP contribution in [-0.4, -0.2) is 23.9 Å². The molecule has 0 aliphatic heterocycles. The SMILES string of the molecule is Cc1ccc(S(=O)(=O)N(c2ccccc2)c2nc(-c3ccccc3)n(C(=O)c3ccccc3)c2-c2ccccc2)cc1. The molecule has 0 radical (unpaired) electrons. The Bertz CT molecular complexity index is 1940. The highest BCUT2D eigenvalue weighted by molar-refractivity contribution is 7.93. The maximum Gasteiger partial charge on any atom is 0.269 e. The van der Waals surface area contributed by atoms with Crippen molar-refractivity contribution >= 4 is 27.4 Å². The number of imidazole rings is 1. The highest BCUT2D eigenvalue weighted by atomic mass is 32.2.